The molecule has 3 heterocycles. The Kier molecular flexibility index (Phi) is 4.81. The summed E-state index contributed by atoms with van der Waals surface area (Å²) in [4.78, 5) is 32.3. The molecule has 2 bridgehead atoms. The highest BCUT2D eigenvalue weighted by Gasteiger charge is 2.47. The van der Waals surface area contributed by atoms with Gasteiger partial charge < -0.3 is 15.2 Å². The summed E-state index contributed by atoms with van der Waals surface area (Å²) in [6.07, 6.45) is 5.21. The Bertz CT molecular complexity index is 963. The Morgan fingerprint density at radius 3 is 2.67 bits per heavy atom. The predicted molar refractivity (Wildman–Crippen MR) is 113 cm³/mol. The van der Waals surface area contributed by atoms with Crippen molar-refractivity contribution in [3.05, 3.63) is 35.3 Å². The van der Waals surface area contributed by atoms with Crippen LogP contribution in [-0.2, 0) is 4.79 Å². The number of halogens is 1. The summed E-state index contributed by atoms with van der Waals surface area (Å²) in [7, 11) is 0. The van der Waals surface area contributed by atoms with Crippen LogP contribution in [0.25, 0.3) is 10.9 Å². The van der Waals surface area contributed by atoms with Gasteiger partial charge in [-0.25, -0.2) is 4.39 Å². The van der Waals surface area contributed by atoms with Crippen LogP contribution in [-0.4, -0.2) is 63.9 Å². The molecular weight excluding hydrogens is 383 g/mol. The summed E-state index contributed by atoms with van der Waals surface area (Å²) < 4.78 is 14.1. The SMILES string of the molecule is CC(=O)N1CC2CC1CN2[C@H]1CCC[C@@H](NC(=O)c2cc3c(F)ccc(C)c3[nH]2)C1. The monoisotopic (exact) mass is 412 g/mol. The number of carbonyl (C=O) groups excluding carboxylic acids is 2. The first-order chi connectivity index (χ1) is 14.4. The molecule has 2 N–H and O–H groups in total. The second-order valence-electron chi connectivity index (χ2n) is 9.24. The second kappa shape index (κ2) is 7.38. The minimum absolute atomic E-state index is 0.122. The summed E-state index contributed by atoms with van der Waals surface area (Å²) in [5.41, 5.74) is 2.02. The van der Waals surface area contributed by atoms with Crippen molar-refractivity contribution in [2.24, 2.45) is 0 Å². The summed E-state index contributed by atoms with van der Waals surface area (Å²) in [5, 5.41) is 3.64. The first-order valence-electron chi connectivity index (χ1n) is 11.0. The number of benzene rings is 1. The van der Waals surface area contributed by atoms with E-state index in [4.69, 9.17) is 0 Å². The Morgan fingerprint density at radius 2 is 1.97 bits per heavy atom. The number of nitrogens with one attached hydrogen (secondary N) is 2. The maximum atomic E-state index is 14.1. The van der Waals surface area contributed by atoms with Gasteiger partial charge in [0.05, 0.1) is 5.52 Å². The smallest absolute Gasteiger partial charge is 0.267 e. The first-order valence-corrected chi connectivity index (χ1v) is 11.0. The zero-order chi connectivity index (χ0) is 21.0. The quantitative estimate of drug-likeness (QED) is 0.815. The predicted octanol–water partition coefficient (Wildman–Crippen LogP) is 2.96. The van der Waals surface area contributed by atoms with E-state index in [0.29, 0.717) is 34.7 Å². The highest BCUT2D eigenvalue weighted by Crippen LogP contribution is 2.36. The number of likely N-dealkylation sites (tertiary alicyclic amines) is 2. The van der Waals surface area contributed by atoms with Gasteiger partial charge in [0.15, 0.2) is 0 Å². The molecule has 3 aliphatic rings. The largest absolute Gasteiger partial charge is 0.350 e. The minimum Gasteiger partial charge on any atom is -0.350 e. The van der Waals surface area contributed by atoms with Gasteiger partial charge in [-0.2, -0.15) is 0 Å². The number of rotatable bonds is 3. The fourth-order valence-electron chi connectivity index (χ4n) is 5.84. The lowest BCUT2D eigenvalue weighted by Crippen LogP contribution is -2.54. The maximum Gasteiger partial charge on any atom is 0.267 e. The number of carbonyl (C=O) groups is 2. The van der Waals surface area contributed by atoms with E-state index in [1.165, 1.54) is 6.07 Å². The zero-order valence-corrected chi connectivity index (χ0v) is 17.6. The van der Waals surface area contributed by atoms with Crippen molar-refractivity contribution in [1.82, 2.24) is 20.1 Å². The fourth-order valence-corrected chi connectivity index (χ4v) is 5.84. The van der Waals surface area contributed by atoms with Gasteiger partial charge in [-0.15, -0.1) is 0 Å². The third-order valence-corrected chi connectivity index (χ3v) is 7.33. The molecule has 1 aromatic carbocycles. The van der Waals surface area contributed by atoms with Gasteiger partial charge in [0.2, 0.25) is 5.91 Å². The van der Waals surface area contributed by atoms with Crippen LogP contribution < -0.4 is 5.32 Å². The van der Waals surface area contributed by atoms with Gasteiger partial charge in [-0.1, -0.05) is 6.07 Å². The lowest BCUT2D eigenvalue weighted by Gasteiger charge is -2.42. The number of piperazine rings is 1. The van der Waals surface area contributed by atoms with E-state index in [2.05, 4.69) is 15.2 Å². The summed E-state index contributed by atoms with van der Waals surface area (Å²) in [5.74, 6) is -0.297. The second-order valence-corrected chi connectivity index (χ2v) is 9.24. The molecule has 3 fully saturated rings. The molecule has 2 aromatic rings. The van der Waals surface area contributed by atoms with E-state index in [1.54, 1.807) is 19.1 Å². The molecule has 2 unspecified atom stereocenters. The topological polar surface area (TPSA) is 68.4 Å². The van der Waals surface area contributed by atoms with E-state index in [9.17, 15) is 14.0 Å². The lowest BCUT2D eigenvalue weighted by molar-refractivity contribution is -0.131. The third-order valence-electron chi connectivity index (χ3n) is 7.33. The van der Waals surface area contributed by atoms with E-state index >= 15 is 0 Å². The number of hydrogen-bond donors (Lipinski definition) is 2. The van der Waals surface area contributed by atoms with Crippen LogP contribution in [0.1, 0.15) is 55.1 Å². The highest BCUT2D eigenvalue weighted by atomic mass is 19.1. The molecule has 2 aliphatic heterocycles. The van der Waals surface area contributed by atoms with Crippen molar-refractivity contribution in [2.75, 3.05) is 13.1 Å². The average Bonchev–Trinajstić information content (AvgIpc) is 3.45. The van der Waals surface area contributed by atoms with Crippen molar-refractivity contribution < 1.29 is 14.0 Å². The molecule has 160 valence electrons. The molecular formula is C23H29FN4O2. The van der Waals surface area contributed by atoms with Gasteiger partial charge in [-0.05, 0) is 56.7 Å². The van der Waals surface area contributed by atoms with Gasteiger partial charge in [0.25, 0.3) is 5.91 Å². The van der Waals surface area contributed by atoms with Crippen molar-refractivity contribution in [1.29, 1.82) is 0 Å². The number of aromatic amines is 1. The Hall–Kier alpha value is -2.41. The fraction of sp³-hybridized carbons (Fsp3) is 0.565. The number of fused-ring (bicyclic) bond motifs is 3. The molecule has 0 radical (unpaired) electrons. The van der Waals surface area contributed by atoms with Gasteiger partial charge >= 0.3 is 0 Å². The zero-order valence-electron chi connectivity index (χ0n) is 17.6. The third kappa shape index (κ3) is 3.29. The number of amides is 2. The van der Waals surface area contributed by atoms with Crippen molar-refractivity contribution in [2.45, 2.75) is 70.1 Å². The Balaban J connectivity index is 1.24. The van der Waals surface area contributed by atoms with Crippen LogP contribution in [0.2, 0.25) is 0 Å². The number of aromatic nitrogens is 1. The molecule has 1 saturated carbocycles. The van der Waals surface area contributed by atoms with Crippen LogP contribution in [0, 0.1) is 12.7 Å². The van der Waals surface area contributed by atoms with Crippen LogP contribution >= 0.6 is 0 Å². The van der Waals surface area contributed by atoms with Crippen molar-refractivity contribution in [3.63, 3.8) is 0 Å². The summed E-state index contributed by atoms with van der Waals surface area (Å²) in [6.45, 7) is 5.36. The van der Waals surface area contributed by atoms with E-state index in [0.717, 1.165) is 50.8 Å². The van der Waals surface area contributed by atoms with E-state index in [-0.39, 0.29) is 23.7 Å². The van der Waals surface area contributed by atoms with Crippen molar-refractivity contribution in [3.8, 4) is 0 Å². The first kappa shape index (κ1) is 19.5. The molecule has 30 heavy (non-hydrogen) atoms. The maximum absolute atomic E-state index is 14.1. The summed E-state index contributed by atoms with van der Waals surface area (Å²) in [6, 6.07) is 6.16. The Labute approximate surface area is 175 Å². The molecule has 7 heteroatoms. The van der Waals surface area contributed by atoms with Crippen molar-refractivity contribution >= 4 is 22.7 Å². The molecule has 2 saturated heterocycles. The standard InChI is InChI=1S/C23H29FN4O2/c1-13-6-7-20(24)19-10-21(26-22(13)19)23(30)25-15-4-3-5-16(8-15)28-12-17-9-18(28)11-27(17)14(2)29/h6-7,10,15-18,26H,3-5,8-9,11-12H2,1-2H3,(H,25,30)/t15-,16+,17?,18?/m1/s1. The molecule has 4 atom stereocenters. The Morgan fingerprint density at radius 1 is 1.13 bits per heavy atom. The van der Waals surface area contributed by atoms with Gasteiger partial charge in [0.1, 0.15) is 11.5 Å². The molecule has 6 nitrogen and oxygen atoms in total. The molecule has 2 amide bonds. The average molecular weight is 413 g/mol. The molecule has 5 rings (SSSR count). The molecule has 1 aromatic heterocycles. The normalized spacial score (nSPS) is 29.0. The van der Waals surface area contributed by atoms with Gasteiger partial charge in [-0.3, -0.25) is 14.5 Å². The number of aryl methyl sites for hydroxylation is 1. The number of H-pyrrole nitrogens is 1. The molecule has 0 spiro atoms. The van der Waals surface area contributed by atoms with E-state index < -0.39 is 0 Å². The van der Waals surface area contributed by atoms with Crippen LogP contribution in [0.3, 0.4) is 0 Å². The van der Waals surface area contributed by atoms with Crippen LogP contribution in [0.5, 0.6) is 0 Å². The summed E-state index contributed by atoms with van der Waals surface area (Å²) >= 11 is 0. The van der Waals surface area contributed by atoms with E-state index in [1.807, 2.05) is 11.8 Å². The highest BCUT2D eigenvalue weighted by molar-refractivity contribution is 5.99. The number of hydrogen-bond acceptors (Lipinski definition) is 3. The minimum atomic E-state index is -0.313. The van der Waals surface area contributed by atoms with Crippen LogP contribution in [0.4, 0.5) is 4.39 Å². The van der Waals surface area contributed by atoms with Crippen LogP contribution in [0.15, 0.2) is 18.2 Å². The van der Waals surface area contributed by atoms with Gasteiger partial charge in [0, 0.05) is 49.6 Å². The lowest BCUT2D eigenvalue weighted by atomic mass is 9.89. The molecule has 1 aliphatic carbocycles. The number of nitrogens with zero attached hydrogens (tertiary/aromatic N) is 2.